The molecule has 1 unspecified atom stereocenters. The number of methoxy groups -OCH3 is 2. The van der Waals surface area contributed by atoms with Gasteiger partial charge in [0.25, 0.3) is 5.56 Å². The molecule has 6 nitrogen and oxygen atoms in total. The third-order valence-electron chi connectivity index (χ3n) is 6.76. The SMILES string of the molecule is COc1cc2c(cc1OC)C(c1cccs1)N(Cc1nc3sc4c(c3c(=O)[nH]1)CCC4)CC2. The minimum Gasteiger partial charge on any atom is -0.493 e. The van der Waals surface area contributed by atoms with Crippen molar-refractivity contribution in [1.29, 1.82) is 0 Å². The maximum atomic E-state index is 13.0. The van der Waals surface area contributed by atoms with Gasteiger partial charge in [-0.2, -0.15) is 0 Å². The number of nitrogens with zero attached hydrogens (tertiary/aromatic N) is 2. The summed E-state index contributed by atoms with van der Waals surface area (Å²) in [6, 6.07) is 8.55. The molecule has 170 valence electrons. The molecule has 0 amide bonds. The molecule has 1 N–H and O–H groups in total. The Hall–Kier alpha value is -2.68. The fourth-order valence-electron chi connectivity index (χ4n) is 5.26. The van der Waals surface area contributed by atoms with Crippen LogP contribution in [0.4, 0.5) is 0 Å². The topological polar surface area (TPSA) is 67.5 Å². The van der Waals surface area contributed by atoms with Gasteiger partial charge < -0.3 is 14.5 Å². The maximum absolute atomic E-state index is 13.0. The van der Waals surface area contributed by atoms with Crippen LogP contribution in [0.25, 0.3) is 10.2 Å². The molecule has 0 fully saturated rings. The Balaban J connectivity index is 1.41. The quantitative estimate of drug-likeness (QED) is 0.449. The normalized spacial score (nSPS) is 17.8. The van der Waals surface area contributed by atoms with Crippen LogP contribution in [0.2, 0.25) is 0 Å². The molecule has 8 heteroatoms. The summed E-state index contributed by atoms with van der Waals surface area (Å²) in [5.74, 6) is 2.23. The summed E-state index contributed by atoms with van der Waals surface area (Å²) in [5, 5.41) is 2.92. The van der Waals surface area contributed by atoms with Crippen LogP contribution in [0, 0.1) is 0 Å². The zero-order valence-electron chi connectivity index (χ0n) is 18.6. The number of thiophene rings is 2. The number of aromatic amines is 1. The van der Waals surface area contributed by atoms with Crippen LogP contribution >= 0.6 is 22.7 Å². The van der Waals surface area contributed by atoms with Crippen molar-refractivity contribution in [2.75, 3.05) is 20.8 Å². The van der Waals surface area contributed by atoms with Crippen LogP contribution in [0.5, 0.6) is 11.5 Å². The van der Waals surface area contributed by atoms with Crippen LogP contribution in [-0.4, -0.2) is 35.6 Å². The minimum atomic E-state index is 0.00545. The third kappa shape index (κ3) is 3.48. The molecular weight excluding hydrogens is 454 g/mol. The number of rotatable bonds is 5. The molecule has 1 atom stereocenters. The lowest BCUT2D eigenvalue weighted by atomic mass is 9.91. The first-order valence-electron chi connectivity index (χ1n) is 11.2. The number of ether oxygens (including phenoxy) is 2. The van der Waals surface area contributed by atoms with E-state index in [-0.39, 0.29) is 11.6 Å². The fraction of sp³-hybridized carbons (Fsp3) is 0.360. The van der Waals surface area contributed by atoms with Crippen LogP contribution in [0.15, 0.2) is 34.4 Å². The van der Waals surface area contributed by atoms with E-state index >= 15 is 0 Å². The Morgan fingerprint density at radius 2 is 2.03 bits per heavy atom. The molecule has 0 saturated carbocycles. The minimum absolute atomic E-state index is 0.00545. The second kappa shape index (κ2) is 8.27. The Morgan fingerprint density at radius 1 is 1.18 bits per heavy atom. The Labute approximate surface area is 199 Å². The predicted molar refractivity (Wildman–Crippen MR) is 132 cm³/mol. The van der Waals surface area contributed by atoms with Crippen LogP contribution < -0.4 is 15.0 Å². The number of aromatic nitrogens is 2. The number of hydrogen-bond donors (Lipinski definition) is 1. The van der Waals surface area contributed by atoms with Crippen molar-refractivity contribution < 1.29 is 9.47 Å². The van der Waals surface area contributed by atoms with Crippen LogP contribution in [0.1, 0.15) is 44.7 Å². The number of benzene rings is 1. The summed E-state index contributed by atoms with van der Waals surface area (Å²) in [5.41, 5.74) is 3.72. The van der Waals surface area contributed by atoms with Gasteiger partial charge in [0, 0.05) is 16.3 Å². The van der Waals surface area contributed by atoms with E-state index in [0.29, 0.717) is 6.54 Å². The van der Waals surface area contributed by atoms with E-state index in [1.165, 1.54) is 26.4 Å². The van der Waals surface area contributed by atoms with Gasteiger partial charge in [0.2, 0.25) is 0 Å². The van der Waals surface area contributed by atoms with Gasteiger partial charge in [-0.15, -0.1) is 22.7 Å². The van der Waals surface area contributed by atoms with Gasteiger partial charge in [0.15, 0.2) is 11.5 Å². The van der Waals surface area contributed by atoms with Gasteiger partial charge in [-0.3, -0.25) is 9.69 Å². The highest BCUT2D eigenvalue weighted by Crippen LogP contribution is 2.42. The molecule has 1 aromatic carbocycles. The van der Waals surface area contributed by atoms with Gasteiger partial charge >= 0.3 is 0 Å². The summed E-state index contributed by atoms with van der Waals surface area (Å²) in [6.45, 7) is 1.46. The fourth-order valence-corrected chi connectivity index (χ4v) is 7.42. The lowest BCUT2D eigenvalue weighted by Crippen LogP contribution is -2.36. The molecule has 3 aromatic heterocycles. The van der Waals surface area contributed by atoms with Crippen molar-refractivity contribution in [2.45, 2.75) is 38.3 Å². The highest BCUT2D eigenvalue weighted by Gasteiger charge is 2.32. The third-order valence-corrected chi connectivity index (χ3v) is 8.87. The number of hydrogen-bond acceptors (Lipinski definition) is 7. The average molecular weight is 480 g/mol. The second-order valence-corrected chi connectivity index (χ2v) is 10.7. The molecule has 0 radical (unpaired) electrons. The maximum Gasteiger partial charge on any atom is 0.259 e. The Bertz CT molecular complexity index is 1390. The Kier molecular flexibility index (Phi) is 5.24. The first-order valence-corrected chi connectivity index (χ1v) is 12.9. The van der Waals surface area contributed by atoms with E-state index in [9.17, 15) is 4.79 Å². The van der Waals surface area contributed by atoms with Crippen molar-refractivity contribution in [3.05, 3.63) is 72.3 Å². The summed E-state index contributed by atoms with van der Waals surface area (Å²) in [6.07, 6.45) is 4.10. The summed E-state index contributed by atoms with van der Waals surface area (Å²) in [4.78, 5) is 26.9. The van der Waals surface area contributed by atoms with Gasteiger partial charge in [0.1, 0.15) is 10.7 Å². The molecule has 0 spiro atoms. The molecule has 1 aliphatic carbocycles. The molecule has 0 bridgehead atoms. The number of aryl methyl sites for hydroxylation is 2. The Morgan fingerprint density at radius 3 is 2.82 bits per heavy atom. The zero-order chi connectivity index (χ0) is 22.5. The summed E-state index contributed by atoms with van der Waals surface area (Å²) < 4.78 is 11.2. The first kappa shape index (κ1) is 20.9. The van der Waals surface area contributed by atoms with Crippen molar-refractivity contribution in [1.82, 2.24) is 14.9 Å². The number of H-pyrrole nitrogens is 1. The smallest absolute Gasteiger partial charge is 0.259 e. The second-order valence-electron chi connectivity index (χ2n) is 8.59. The summed E-state index contributed by atoms with van der Waals surface area (Å²) in [7, 11) is 3.35. The van der Waals surface area contributed by atoms with E-state index in [1.54, 1.807) is 36.9 Å². The van der Waals surface area contributed by atoms with Crippen molar-refractivity contribution >= 4 is 32.9 Å². The first-order chi connectivity index (χ1) is 16.2. The lowest BCUT2D eigenvalue weighted by molar-refractivity contribution is 0.201. The van der Waals surface area contributed by atoms with Gasteiger partial charge in [-0.25, -0.2) is 4.98 Å². The molecule has 1 aliphatic heterocycles. The van der Waals surface area contributed by atoms with Gasteiger partial charge in [-0.05, 0) is 66.0 Å². The van der Waals surface area contributed by atoms with E-state index < -0.39 is 0 Å². The monoisotopic (exact) mass is 479 g/mol. The van der Waals surface area contributed by atoms with E-state index in [0.717, 1.165) is 59.8 Å². The predicted octanol–water partition coefficient (Wildman–Crippen LogP) is 4.70. The molecule has 6 rings (SSSR count). The molecule has 4 aromatic rings. The van der Waals surface area contributed by atoms with Crippen molar-refractivity contribution in [3.63, 3.8) is 0 Å². The highest BCUT2D eigenvalue weighted by molar-refractivity contribution is 7.18. The lowest BCUT2D eigenvalue weighted by Gasteiger charge is -2.37. The van der Waals surface area contributed by atoms with Gasteiger partial charge in [0.05, 0.1) is 32.2 Å². The number of nitrogens with one attached hydrogen (secondary N) is 1. The highest BCUT2D eigenvalue weighted by atomic mass is 32.1. The standard InChI is InChI=1S/C25H25N3O3S2/c1-30-17-11-14-8-9-28(23(20-7-4-10-32-20)16(14)12-18(17)31-2)13-21-26-24(29)22-15-5-3-6-19(15)33-25(22)27-21/h4,7,10-12,23H,3,5-6,8-9,13H2,1-2H3,(H,26,27,29). The summed E-state index contributed by atoms with van der Waals surface area (Å²) >= 11 is 3.44. The molecule has 33 heavy (non-hydrogen) atoms. The molecule has 4 heterocycles. The van der Waals surface area contributed by atoms with E-state index in [2.05, 4.69) is 39.5 Å². The van der Waals surface area contributed by atoms with Crippen molar-refractivity contribution in [2.24, 2.45) is 0 Å². The molecule has 0 saturated heterocycles. The molecule has 2 aliphatic rings. The average Bonchev–Trinajstić information content (AvgIpc) is 3.55. The van der Waals surface area contributed by atoms with Gasteiger partial charge in [-0.1, -0.05) is 6.07 Å². The molecular formula is C25H25N3O3S2. The van der Waals surface area contributed by atoms with Crippen LogP contribution in [0.3, 0.4) is 0 Å². The van der Waals surface area contributed by atoms with E-state index in [1.807, 2.05) is 0 Å². The zero-order valence-corrected chi connectivity index (χ0v) is 20.3. The van der Waals surface area contributed by atoms with Crippen LogP contribution in [-0.2, 0) is 25.8 Å². The van der Waals surface area contributed by atoms with E-state index in [4.69, 9.17) is 14.5 Å². The number of fused-ring (bicyclic) bond motifs is 4. The largest absolute Gasteiger partial charge is 0.493 e. The van der Waals surface area contributed by atoms with Crippen molar-refractivity contribution in [3.8, 4) is 11.5 Å².